The number of rotatable bonds is 3. The first-order chi connectivity index (χ1) is 10.1. The molecule has 21 heavy (non-hydrogen) atoms. The molecule has 6 heteroatoms. The van der Waals surface area contributed by atoms with Crippen LogP contribution < -0.4 is 15.8 Å². The van der Waals surface area contributed by atoms with Crippen LogP contribution in [0.1, 0.15) is 17.7 Å². The smallest absolute Gasteiger partial charge is 0.224 e. The average Bonchev–Trinajstić information content (AvgIpc) is 2.48. The first-order valence-electron chi connectivity index (χ1n) is 6.48. The highest BCUT2D eigenvalue weighted by Crippen LogP contribution is 2.29. The highest BCUT2D eigenvalue weighted by Gasteiger charge is 2.15. The number of hydrogen-bond donors (Lipinski definition) is 2. The van der Waals surface area contributed by atoms with E-state index in [1.807, 2.05) is 18.2 Å². The molecule has 0 unspecified atom stereocenters. The number of ether oxygens (including phenoxy) is 1. The lowest BCUT2D eigenvalue weighted by atomic mass is 10.0. The van der Waals surface area contributed by atoms with Gasteiger partial charge >= 0.3 is 0 Å². The summed E-state index contributed by atoms with van der Waals surface area (Å²) in [6.45, 7) is 0. The summed E-state index contributed by atoms with van der Waals surface area (Å²) in [6.07, 6.45) is 2.81. The van der Waals surface area contributed by atoms with Crippen LogP contribution in [0.15, 0.2) is 36.5 Å². The van der Waals surface area contributed by atoms with Crippen molar-refractivity contribution in [2.75, 3.05) is 5.32 Å². The number of nitrogens with one attached hydrogen (secondary N) is 1. The number of nitrogens with two attached hydrogens (primary N) is 1. The topological polar surface area (TPSA) is 77.2 Å². The Morgan fingerprint density at radius 2 is 2.05 bits per heavy atom. The third-order valence-corrected chi connectivity index (χ3v) is 3.40. The van der Waals surface area contributed by atoms with E-state index in [2.05, 4.69) is 10.3 Å². The number of benzene rings is 1. The van der Waals surface area contributed by atoms with Gasteiger partial charge in [-0.25, -0.2) is 0 Å². The van der Waals surface area contributed by atoms with E-state index in [-0.39, 0.29) is 10.9 Å². The van der Waals surface area contributed by atoms with Gasteiger partial charge in [0.05, 0.1) is 0 Å². The molecule has 106 valence electrons. The van der Waals surface area contributed by atoms with Gasteiger partial charge in [-0.05, 0) is 36.2 Å². The summed E-state index contributed by atoms with van der Waals surface area (Å²) in [5.41, 5.74) is 7.98. The minimum Gasteiger partial charge on any atom is -0.457 e. The fourth-order valence-corrected chi connectivity index (χ4v) is 2.28. The van der Waals surface area contributed by atoms with E-state index in [0.717, 1.165) is 11.3 Å². The molecule has 0 spiro atoms. The van der Waals surface area contributed by atoms with Crippen LogP contribution in [0.2, 0.25) is 0 Å². The first-order valence-corrected chi connectivity index (χ1v) is 6.89. The Morgan fingerprint density at radius 1 is 1.24 bits per heavy atom. The predicted octanol–water partition coefficient (Wildman–Crippen LogP) is 2.39. The SMILES string of the molecule is NC(=S)c1cc(Oc2ccc3c(c2)CCC(=O)N3)ccn1. The van der Waals surface area contributed by atoms with Crippen molar-refractivity contribution < 1.29 is 9.53 Å². The molecular formula is C15H13N3O2S. The Hall–Kier alpha value is -2.47. The largest absolute Gasteiger partial charge is 0.457 e. The molecule has 1 aromatic heterocycles. The number of thiocarbonyl (C=S) groups is 1. The summed E-state index contributed by atoms with van der Waals surface area (Å²) in [7, 11) is 0. The van der Waals surface area contributed by atoms with Crippen molar-refractivity contribution in [1.82, 2.24) is 4.98 Å². The van der Waals surface area contributed by atoms with Crippen molar-refractivity contribution in [1.29, 1.82) is 0 Å². The third kappa shape index (κ3) is 3.00. The van der Waals surface area contributed by atoms with E-state index in [0.29, 0.717) is 30.0 Å². The van der Waals surface area contributed by atoms with Crippen molar-refractivity contribution in [3.63, 3.8) is 0 Å². The molecule has 0 radical (unpaired) electrons. The van der Waals surface area contributed by atoms with Crippen LogP contribution in [0.4, 0.5) is 5.69 Å². The van der Waals surface area contributed by atoms with Gasteiger partial charge in [-0.1, -0.05) is 12.2 Å². The first kappa shape index (κ1) is 13.5. The number of anilines is 1. The minimum atomic E-state index is 0.0476. The van der Waals surface area contributed by atoms with Gasteiger partial charge in [0, 0.05) is 24.4 Å². The Balaban J connectivity index is 1.84. The van der Waals surface area contributed by atoms with E-state index < -0.39 is 0 Å². The quantitative estimate of drug-likeness (QED) is 0.851. The minimum absolute atomic E-state index is 0.0476. The molecule has 1 aliphatic rings. The van der Waals surface area contributed by atoms with Gasteiger partial charge in [-0.3, -0.25) is 9.78 Å². The van der Waals surface area contributed by atoms with E-state index >= 15 is 0 Å². The van der Waals surface area contributed by atoms with Gasteiger partial charge in [0.1, 0.15) is 22.2 Å². The monoisotopic (exact) mass is 299 g/mol. The van der Waals surface area contributed by atoms with Gasteiger partial charge in [0.2, 0.25) is 5.91 Å². The van der Waals surface area contributed by atoms with Crippen molar-refractivity contribution in [3.8, 4) is 11.5 Å². The molecule has 0 aliphatic carbocycles. The molecule has 1 amide bonds. The summed E-state index contributed by atoms with van der Waals surface area (Å²) < 4.78 is 5.79. The van der Waals surface area contributed by atoms with Crippen molar-refractivity contribution in [2.24, 2.45) is 5.73 Å². The average molecular weight is 299 g/mol. The lowest BCUT2D eigenvalue weighted by molar-refractivity contribution is -0.116. The molecule has 2 aromatic rings. The van der Waals surface area contributed by atoms with E-state index in [1.165, 1.54) is 0 Å². The Labute approximate surface area is 127 Å². The van der Waals surface area contributed by atoms with Crippen molar-refractivity contribution in [2.45, 2.75) is 12.8 Å². The van der Waals surface area contributed by atoms with Gasteiger partial charge in [-0.15, -0.1) is 0 Å². The number of fused-ring (bicyclic) bond motifs is 1. The normalized spacial score (nSPS) is 13.2. The molecule has 0 saturated carbocycles. The van der Waals surface area contributed by atoms with Crippen LogP contribution in [0, 0.1) is 0 Å². The standard InChI is InChI=1S/C15H13N3O2S/c16-15(21)13-8-11(5-6-17-13)20-10-2-3-12-9(7-10)1-4-14(19)18-12/h2-3,5-8H,1,4H2,(H2,16,21)(H,18,19). The van der Waals surface area contributed by atoms with Crippen molar-refractivity contribution >= 4 is 28.8 Å². The van der Waals surface area contributed by atoms with Crippen LogP contribution in [0.5, 0.6) is 11.5 Å². The van der Waals surface area contributed by atoms with E-state index in [4.69, 9.17) is 22.7 Å². The molecule has 3 rings (SSSR count). The van der Waals surface area contributed by atoms with Crippen molar-refractivity contribution in [3.05, 3.63) is 47.8 Å². The lowest BCUT2D eigenvalue weighted by Gasteiger charge is -2.17. The number of nitrogens with zero attached hydrogens (tertiary/aromatic N) is 1. The summed E-state index contributed by atoms with van der Waals surface area (Å²) in [5, 5.41) is 2.84. The zero-order chi connectivity index (χ0) is 14.8. The zero-order valence-corrected chi connectivity index (χ0v) is 11.9. The van der Waals surface area contributed by atoms with Gasteiger partial charge in [0.25, 0.3) is 0 Å². The number of amides is 1. The second-order valence-electron chi connectivity index (χ2n) is 4.71. The van der Waals surface area contributed by atoms with Gasteiger partial charge in [0.15, 0.2) is 0 Å². The van der Waals surface area contributed by atoms with Crippen LogP contribution in [0.3, 0.4) is 0 Å². The van der Waals surface area contributed by atoms with Gasteiger partial charge in [-0.2, -0.15) is 0 Å². The molecule has 3 N–H and O–H groups in total. The number of pyridine rings is 1. The number of hydrogen-bond acceptors (Lipinski definition) is 4. The van der Waals surface area contributed by atoms with Crippen LogP contribution in [-0.4, -0.2) is 15.9 Å². The highest BCUT2D eigenvalue weighted by molar-refractivity contribution is 7.80. The summed E-state index contributed by atoms with van der Waals surface area (Å²) in [4.78, 5) is 15.6. The fraction of sp³-hybridized carbons (Fsp3) is 0.133. The van der Waals surface area contributed by atoms with Crippen LogP contribution >= 0.6 is 12.2 Å². The van der Waals surface area contributed by atoms with Crippen LogP contribution in [-0.2, 0) is 11.2 Å². The fourth-order valence-electron chi connectivity index (χ4n) is 2.17. The maximum absolute atomic E-state index is 11.3. The maximum atomic E-state index is 11.3. The summed E-state index contributed by atoms with van der Waals surface area (Å²) >= 11 is 4.90. The number of aromatic nitrogens is 1. The third-order valence-electron chi connectivity index (χ3n) is 3.19. The maximum Gasteiger partial charge on any atom is 0.224 e. The number of carbonyl (C=O) groups excluding carboxylic acids is 1. The molecular weight excluding hydrogens is 286 g/mol. The highest BCUT2D eigenvalue weighted by atomic mass is 32.1. The Morgan fingerprint density at radius 3 is 2.86 bits per heavy atom. The summed E-state index contributed by atoms with van der Waals surface area (Å²) in [6, 6.07) is 9.02. The predicted molar refractivity (Wildman–Crippen MR) is 83.6 cm³/mol. The molecule has 1 aromatic carbocycles. The Bertz CT molecular complexity index is 731. The molecule has 5 nitrogen and oxygen atoms in total. The van der Waals surface area contributed by atoms with E-state index in [1.54, 1.807) is 18.3 Å². The number of carbonyl (C=O) groups is 1. The molecule has 2 heterocycles. The molecule has 0 bridgehead atoms. The molecule has 0 fully saturated rings. The molecule has 0 atom stereocenters. The Kier molecular flexibility index (Phi) is 3.53. The zero-order valence-electron chi connectivity index (χ0n) is 11.1. The second kappa shape index (κ2) is 5.49. The lowest BCUT2D eigenvalue weighted by Crippen LogP contribution is -2.18. The van der Waals surface area contributed by atoms with Gasteiger partial charge < -0.3 is 15.8 Å². The van der Waals surface area contributed by atoms with E-state index in [9.17, 15) is 4.79 Å². The molecule has 0 saturated heterocycles. The van der Waals surface area contributed by atoms with Crippen LogP contribution in [0.25, 0.3) is 0 Å². The number of aryl methyl sites for hydroxylation is 1. The molecule has 1 aliphatic heterocycles. The second-order valence-corrected chi connectivity index (χ2v) is 5.15. The summed E-state index contributed by atoms with van der Waals surface area (Å²) in [5.74, 6) is 1.36.